The van der Waals surface area contributed by atoms with E-state index in [1.165, 1.54) is 6.92 Å². The normalized spacial score (nSPS) is 30.2. The monoisotopic (exact) mass is 204 g/mol. The zero-order chi connectivity index (χ0) is 10.3. The van der Waals surface area contributed by atoms with E-state index in [0.29, 0.717) is 12.8 Å². The SMILES string of the molecule is CC(=O)CC1CCS(=O)(=O)C1(C)C. The van der Waals surface area contributed by atoms with Crippen molar-refractivity contribution in [2.75, 3.05) is 5.75 Å². The summed E-state index contributed by atoms with van der Waals surface area (Å²) >= 11 is 0. The highest BCUT2D eigenvalue weighted by Crippen LogP contribution is 2.39. The number of carbonyl (C=O) groups excluding carboxylic acids is 1. The average molecular weight is 204 g/mol. The molecule has 1 unspecified atom stereocenters. The first-order valence-corrected chi connectivity index (χ1v) is 6.14. The molecule has 1 atom stereocenters. The minimum atomic E-state index is -2.97. The van der Waals surface area contributed by atoms with Crippen LogP contribution in [0.3, 0.4) is 0 Å². The first kappa shape index (κ1) is 10.7. The summed E-state index contributed by atoms with van der Waals surface area (Å²) in [5.41, 5.74) is 0. The summed E-state index contributed by atoms with van der Waals surface area (Å²) in [5.74, 6) is 0.322. The molecule has 1 rings (SSSR count). The number of sulfone groups is 1. The standard InChI is InChI=1S/C9H16O3S/c1-7(10)6-8-4-5-13(11,12)9(8,2)3/h8H,4-6H2,1-3H3. The van der Waals surface area contributed by atoms with E-state index < -0.39 is 14.6 Å². The van der Waals surface area contributed by atoms with Gasteiger partial charge in [-0.1, -0.05) is 0 Å². The third-order valence-corrected chi connectivity index (χ3v) is 5.76. The molecule has 0 N–H and O–H groups in total. The van der Waals surface area contributed by atoms with Crippen LogP contribution in [-0.2, 0) is 14.6 Å². The molecule has 1 fully saturated rings. The van der Waals surface area contributed by atoms with Crippen molar-refractivity contribution in [2.45, 2.75) is 38.4 Å². The van der Waals surface area contributed by atoms with Crippen LogP contribution < -0.4 is 0 Å². The van der Waals surface area contributed by atoms with Crippen LogP contribution in [0.5, 0.6) is 0 Å². The number of hydrogen-bond acceptors (Lipinski definition) is 3. The zero-order valence-electron chi connectivity index (χ0n) is 8.33. The smallest absolute Gasteiger partial charge is 0.155 e. The van der Waals surface area contributed by atoms with E-state index >= 15 is 0 Å². The maximum absolute atomic E-state index is 11.6. The van der Waals surface area contributed by atoms with Gasteiger partial charge in [-0.2, -0.15) is 0 Å². The Bertz CT molecular complexity index is 314. The van der Waals surface area contributed by atoms with Gasteiger partial charge in [-0.05, 0) is 33.1 Å². The highest BCUT2D eigenvalue weighted by Gasteiger charge is 2.47. The molecule has 0 bridgehead atoms. The lowest BCUT2D eigenvalue weighted by Crippen LogP contribution is -2.34. The van der Waals surface area contributed by atoms with E-state index in [9.17, 15) is 13.2 Å². The van der Waals surface area contributed by atoms with E-state index in [1.807, 2.05) is 0 Å². The van der Waals surface area contributed by atoms with Gasteiger partial charge in [-0.15, -0.1) is 0 Å². The highest BCUT2D eigenvalue weighted by atomic mass is 32.2. The lowest BCUT2D eigenvalue weighted by Gasteiger charge is -2.24. The quantitative estimate of drug-likeness (QED) is 0.678. The topological polar surface area (TPSA) is 51.2 Å². The van der Waals surface area contributed by atoms with E-state index in [0.717, 1.165) is 0 Å². The Kier molecular flexibility index (Phi) is 2.54. The van der Waals surface area contributed by atoms with Crippen LogP contribution in [0.15, 0.2) is 0 Å². The summed E-state index contributed by atoms with van der Waals surface area (Å²) in [6, 6.07) is 0. The van der Waals surface area contributed by atoms with Crippen LogP contribution in [0, 0.1) is 5.92 Å². The first-order valence-electron chi connectivity index (χ1n) is 4.49. The molecule has 1 saturated heterocycles. The van der Waals surface area contributed by atoms with Crippen molar-refractivity contribution in [3.8, 4) is 0 Å². The number of hydrogen-bond donors (Lipinski definition) is 0. The maximum atomic E-state index is 11.6. The molecule has 0 saturated carbocycles. The van der Waals surface area contributed by atoms with Crippen LogP contribution >= 0.6 is 0 Å². The van der Waals surface area contributed by atoms with Crippen LogP contribution in [0.25, 0.3) is 0 Å². The van der Waals surface area contributed by atoms with E-state index in [1.54, 1.807) is 13.8 Å². The molecule has 0 radical (unpaired) electrons. The van der Waals surface area contributed by atoms with Gasteiger partial charge in [-0.25, -0.2) is 8.42 Å². The van der Waals surface area contributed by atoms with Crippen molar-refractivity contribution >= 4 is 15.6 Å². The predicted molar refractivity (Wildman–Crippen MR) is 51.3 cm³/mol. The molecule has 0 amide bonds. The Balaban J connectivity index is 2.89. The van der Waals surface area contributed by atoms with E-state index in [-0.39, 0.29) is 17.5 Å². The third-order valence-electron chi connectivity index (χ3n) is 3.05. The second kappa shape index (κ2) is 3.08. The Morgan fingerprint density at radius 1 is 1.46 bits per heavy atom. The predicted octanol–water partition coefficient (Wildman–Crippen LogP) is 1.18. The van der Waals surface area contributed by atoms with Gasteiger partial charge in [0.25, 0.3) is 0 Å². The van der Waals surface area contributed by atoms with Crippen molar-refractivity contribution in [3.05, 3.63) is 0 Å². The molecule has 0 aromatic carbocycles. The molecular formula is C9H16O3S. The van der Waals surface area contributed by atoms with Gasteiger partial charge in [0.15, 0.2) is 9.84 Å². The summed E-state index contributed by atoms with van der Waals surface area (Å²) in [6.07, 6.45) is 1.03. The number of rotatable bonds is 2. The molecule has 1 aliphatic rings. The van der Waals surface area contributed by atoms with Crippen molar-refractivity contribution in [3.63, 3.8) is 0 Å². The molecule has 1 aliphatic heterocycles. The first-order chi connectivity index (χ1) is 5.77. The Labute approximate surface area is 79.4 Å². The minimum Gasteiger partial charge on any atom is -0.300 e. The van der Waals surface area contributed by atoms with Crippen LogP contribution in [0.4, 0.5) is 0 Å². The molecule has 0 aromatic heterocycles. The van der Waals surface area contributed by atoms with Gasteiger partial charge >= 0.3 is 0 Å². The maximum Gasteiger partial charge on any atom is 0.155 e. The van der Waals surface area contributed by atoms with Gasteiger partial charge in [0.2, 0.25) is 0 Å². The van der Waals surface area contributed by atoms with Gasteiger partial charge < -0.3 is 4.79 Å². The highest BCUT2D eigenvalue weighted by molar-refractivity contribution is 7.93. The summed E-state index contributed by atoms with van der Waals surface area (Å²) in [4.78, 5) is 10.9. The number of carbonyl (C=O) groups is 1. The van der Waals surface area contributed by atoms with Crippen LogP contribution in [0.1, 0.15) is 33.6 Å². The lowest BCUT2D eigenvalue weighted by atomic mass is 9.88. The van der Waals surface area contributed by atoms with Crippen LogP contribution in [-0.4, -0.2) is 24.7 Å². The molecule has 0 aliphatic carbocycles. The lowest BCUT2D eigenvalue weighted by molar-refractivity contribution is -0.118. The van der Waals surface area contributed by atoms with Crippen molar-refractivity contribution < 1.29 is 13.2 Å². The molecule has 0 spiro atoms. The summed E-state index contributed by atoms with van der Waals surface area (Å²) in [5, 5.41) is 0. The summed E-state index contributed by atoms with van der Waals surface area (Å²) in [6.45, 7) is 4.97. The average Bonchev–Trinajstić information content (AvgIpc) is 2.11. The fraction of sp³-hybridized carbons (Fsp3) is 0.889. The number of Topliss-reactive ketones (excluding diaryl/α,β-unsaturated/α-hetero) is 1. The Morgan fingerprint density at radius 3 is 2.31 bits per heavy atom. The van der Waals surface area contributed by atoms with Crippen molar-refractivity contribution in [2.24, 2.45) is 5.92 Å². The van der Waals surface area contributed by atoms with Crippen LogP contribution in [0.2, 0.25) is 0 Å². The molecule has 0 aromatic rings. The van der Waals surface area contributed by atoms with Gasteiger partial charge in [0.1, 0.15) is 5.78 Å². The molecule has 4 heteroatoms. The third kappa shape index (κ3) is 1.77. The summed E-state index contributed by atoms with van der Waals surface area (Å²) in [7, 11) is -2.97. The minimum absolute atomic E-state index is 0.00926. The Morgan fingerprint density at radius 2 is 2.00 bits per heavy atom. The zero-order valence-corrected chi connectivity index (χ0v) is 9.15. The van der Waals surface area contributed by atoms with E-state index in [2.05, 4.69) is 0 Å². The Hall–Kier alpha value is -0.380. The van der Waals surface area contributed by atoms with Crippen molar-refractivity contribution in [1.29, 1.82) is 0 Å². The van der Waals surface area contributed by atoms with Gasteiger partial charge in [0.05, 0.1) is 10.5 Å². The van der Waals surface area contributed by atoms with E-state index in [4.69, 9.17) is 0 Å². The second-order valence-electron chi connectivity index (χ2n) is 4.31. The van der Waals surface area contributed by atoms with Gasteiger partial charge in [-0.3, -0.25) is 0 Å². The van der Waals surface area contributed by atoms with Crippen molar-refractivity contribution in [1.82, 2.24) is 0 Å². The molecule has 76 valence electrons. The molecule has 3 nitrogen and oxygen atoms in total. The molecular weight excluding hydrogens is 188 g/mol. The number of ketones is 1. The largest absolute Gasteiger partial charge is 0.300 e. The molecule has 1 heterocycles. The fourth-order valence-corrected chi connectivity index (χ4v) is 3.69. The van der Waals surface area contributed by atoms with Gasteiger partial charge in [0, 0.05) is 6.42 Å². The summed E-state index contributed by atoms with van der Waals surface area (Å²) < 4.78 is 22.4. The molecule has 13 heavy (non-hydrogen) atoms. The second-order valence-corrected chi connectivity index (χ2v) is 7.00. The fourth-order valence-electron chi connectivity index (χ4n) is 1.86.